The molecule has 0 aliphatic carbocycles. The average molecular weight is 348 g/mol. The van der Waals surface area contributed by atoms with Crippen LogP contribution in [0.3, 0.4) is 0 Å². The Morgan fingerprint density at radius 1 is 1.32 bits per heavy atom. The molecule has 6 heteroatoms. The van der Waals surface area contributed by atoms with E-state index in [1.165, 1.54) is 12.1 Å². The first-order valence-corrected chi connectivity index (χ1v) is 8.62. The lowest BCUT2D eigenvalue weighted by atomic mass is 9.81. The second-order valence-electron chi connectivity index (χ2n) is 7.03. The summed E-state index contributed by atoms with van der Waals surface area (Å²) in [6.45, 7) is 4.90. The number of likely N-dealkylation sites (tertiary alicyclic amines) is 2. The van der Waals surface area contributed by atoms with E-state index in [0.717, 1.165) is 25.2 Å². The fourth-order valence-corrected chi connectivity index (χ4v) is 4.02. The molecule has 136 valence electrons. The fourth-order valence-electron chi connectivity index (χ4n) is 4.02. The van der Waals surface area contributed by atoms with E-state index >= 15 is 0 Å². The SMILES string of the molecule is COCCN1C[C@@H]2CN(C/C=C/c3ccc(F)cc3)C[C@]2(C(=O)O)C1. The number of carboxylic acids is 1. The van der Waals surface area contributed by atoms with Crippen LogP contribution in [-0.4, -0.2) is 73.9 Å². The van der Waals surface area contributed by atoms with E-state index in [9.17, 15) is 14.3 Å². The molecule has 1 aromatic rings. The molecule has 0 unspecified atom stereocenters. The van der Waals surface area contributed by atoms with Gasteiger partial charge in [-0.25, -0.2) is 4.39 Å². The Labute approximate surface area is 147 Å². The van der Waals surface area contributed by atoms with Crippen molar-refractivity contribution in [2.45, 2.75) is 0 Å². The number of carbonyl (C=O) groups is 1. The predicted octanol–water partition coefficient (Wildman–Crippen LogP) is 1.80. The molecule has 2 aliphatic rings. The van der Waals surface area contributed by atoms with Crippen LogP contribution in [0.5, 0.6) is 0 Å². The van der Waals surface area contributed by atoms with Gasteiger partial charge in [-0.05, 0) is 17.7 Å². The van der Waals surface area contributed by atoms with Gasteiger partial charge in [0.15, 0.2) is 0 Å². The van der Waals surface area contributed by atoms with Gasteiger partial charge >= 0.3 is 5.97 Å². The molecule has 2 atom stereocenters. The second kappa shape index (κ2) is 7.64. The minimum Gasteiger partial charge on any atom is -0.481 e. The van der Waals surface area contributed by atoms with Crippen molar-refractivity contribution in [3.8, 4) is 0 Å². The van der Waals surface area contributed by atoms with Crippen LogP contribution in [0.1, 0.15) is 5.56 Å². The molecule has 2 fully saturated rings. The van der Waals surface area contributed by atoms with Crippen LogP contribution in [0, 0.1) is 17.2 Å². The van der Waals surface area contributed by atoms with E-state index in [1.54, 1.807) is 19.2 Å². The Morgan fingerprint density at radius 2 is 2.00 bits per heavy atom. The van der Waals surface area contributed by atoms with Crippen molar-refractivity contribution in [3.63, 3.8) is 0 Å². The maximum Gasteiger partial charge on any atom is 0.312 e. The molecule has 25 heavy (non-hydrogen) atoms. The van der Waals surface area contributed by atoms with E-state index in [1.807, 2.05) is 12.2 Å². The Bertz CT molecular complexity index is 634. The lowest BCUT2D eigenvalue weighted by molar-refractivity contribution is -0.148. The standard InChI is InChI=1S/C19H25FN2O3/c1-25-10-9-22-12-16-11-21(13-19(16,14-22)18(23)24)8-2-3-15-4-6-17(20)7-5-15/h2-7,16H,8-14H2,1H3,(H,23,24)/b3-2+/t16-,19-/m0/s1. The van der Waals surface area contributed by atoms with Gasteiger partial charge in [0.05, 0.1) is 12.0 Å². The maximum atomic E-state index is 12.9. The van der Waals surface area contributed by atoms with Crippen molar-refractivity contribution >= 4 is 12.0 Å². The second-order valence-corrected chi connectivity index (χ2v) is 7.03. The monoisotopic (exact) mass is 348 g/mol. The summed E-state index contributed by atoms with van der Waals surface area (Å²) in [7, 11) is 1.67. The van der Waals surface area contributed by atoms with Crippen LogP contribution in [0.25, 0.3) is 6.08 Å². The molecule has 0 spiro atoms. The molecular formula is C19H25FN2O3. The van der Waals surface area contributed by atoms with E-state index < -0.39 is 11.4 Å². The third-order valence-electron chi connectivity index (χ3n) is 5.33. The summed E-state index contributed by atoms with van der Waals surface area (Å²) in [6.07, 6.45) is 3.97. The highest BCUT2D eigenvalue weighted by molar-refractivity contribution is 5.77. The third-order valence-corrected chi connectivity index (χ3v) is 5.33. The minimum atomic E-state index is -0.692. The Kier molecular flexibility index (Phi) is 5.51. The summed E-state index contributed by atoms with van der Waals surface area (Å²) in [5, 5.41) is 9.83. The molecule has 0 amide bonds. The molecule has 0 bridgehead atoms. The van der Waals surface area contributed by atoms with Crippen LogP contribution in [-0.2, 0) is 9.53 Å². The molecule has 0 radical (unpaired) electrons. The fraction of sp³-hybridized carbons (Fsp3) is 0.526. The van der Waals surface area contributed by atoms with Gasteiger partial charge in [0.25, 0.3) is 0 Å². The molecule has 5 nitrogen and oxygen atoms in total. The first kappa shape index (κ1) is 18.0. The minimum absolute atomic E-state index is 0.154. The van der Waals surface area contributed by atoms with Crippen LogP contribution in [0.2, 0.25) is 0 Å². The molecule has 2 heterocycles. The first-order chi connectivity index (χ1) is 12.0. The number of rotatable bonds is 7. The molecule has 1 N–H and O–H groups in total. The van der Waals surface area contributed by atoms with Crippen molar-refractivity contribution < 1.29 is 19.0 Å². The third kappa shape index (κ3) is 3.92. The highest BCUT2D eigenvalue weighted by atomic mass is 19.1. The van der Waals surface area contributed by atoms with Gasteiger partial charge in [-0.2, -0.15) is 0 Å². The van der Waals surface area contributed by atoms with Gasteiger partial charge in [-0.3, -0.25) is 14.6 Å². The molecule has 0 saturated carbocycles. The normalized spacial score (nSPS) is 27.2. The van der Waals surface area contributed by atoms with Gasteiger partial charge in [0, 0.05) is 52.3 Å². The van der Waals surface area contributed by atoms with Crippen LogP contribution in [0.4, 0.5) is 4.39 Å². The zero-order valence-electron chi connectivity index (χ0n) is 14.5. The number of fused-ring (bicyclic) bond motifs is 1. The molecule has 2 aliphatic heterocycles. The van der Waals surface area contributed by atoms with E-state index in [4.69, 9.17) is 4.74 Å². The molecular weight excluding hydrogens is 323 g/mol. The van der Waals surface area contributed by atoms with Crippen molar-refractivity contribution in [2.24, 2.45) is 11.3 Å². The molecule has 3 rings (SSSR count). The average Bonchev–Trinajstić information content (AvgIpc) is 3.09. The van der Waals surface area contributed by atoms with Crippen LogP contribution >= 0.6 is 0 Å². The number of hydrogen-bond donors (Lipinski definition) is 1. The number of hydrogen-bond acceptors (Lipinski definition) is 4. The quantitative estimate of drug-likeness (QED) is 0.814. The highest BCUT2D eigenvalue weighted by Crippen LogP contribution is 2.42. The largest absolute Gasteiger partial charge is 0.481 e. The number of methoxy groups -OCH3 is 1. The van der Waals surface area contributed by atoms with E-state index in [0.29, 0.717) is 26.2 Å². The lowest BCUT2D eigenvalue weighted by Gasteiger charge is -2.25. The van der Waals surface area contributed by atoms with E-state index in [-0.39, 0.29) is 11.7 Å². The number of halogens is 1. The zero-order chi connectivity index (χ0) is 17.9. The topological polar surface area (TPSA) is 53.0 Å². The number of benzene rings is 1. The Hall–Kier alpha value is -1.76. The predicted molar refractivity (Wildman–Crippen MR) is 93.7 cm³/mol. The first-order valence-electron chi connectivity index (χ1n) is 8.62. The number of nitrogens with zero attached hydrogens (tertiary/aromatic N) is 2. The van der Waals surface area contributed by atoms with Gasteiger partial charge in [0.2, 0.25) is 0 Å². The zero-order valence-corrected chi connectivity index (χ0v) is 14.5. The molecule has 2 saturated heterocycles. The lowest BCUT2D eigenvalue weighted by Crippen LogP contribution is -2.41. The Morgan fingerprint density at radius 3 is 2.64 bits per heavy atom. The van der Waals surface area contributed by atoms with Gasteiger partial charge in [0.1, 0.15) is 5.82 Å². The number of aliphatic carboxylic acids is 1. The summed E-state index contributed by atoms with van der Waals surface area (Å²) < 4.78 is 18.0. The van der Waals surface area contributed by atoms with Crippen molar-refractivity contribution in [1.82, 2.24) is 9.80 Å². The maximum absolute atomic E-state index is 12.9. The number of ether oxygens (including phenoxy) is 1. The van der Waals surface area contributed by atoms with Crippen molar-refractivity contribution in [2.75, 3.05) is 53.0 Å². The van der Waals surface area contributed by atoms with Crippen molar-refractivity contribution in [1.29, 1.82) is 0 Å². The van der Waals surface area contributed by atoms with Crippen LogP contribution in [0.15, 0.2) is 30.3 Å². The summed E-state index contributed by atoms with van der Waals surface area (Å²) in [5.41, 5.74) is 0.275. The summed E-state index contributed by atoms with van der Waals surface area (Å²) in [6, 6.07) is 6.34. The van der Waals surface area contributed by atoms with Crippen molar-refractivity contribution in [3.05, 3.63) is 41.7 Å². The summed E-state index contributed by atoms with van der Waals surface area (Å²) >= 11 is 0. The summed E-state index contributed by atoms with van der Waals surface area (Å²) in [5.74, 6) is -0.783. The van der Waals surface area contributed by atoms with E-state index in [2.05, 4.69) is 9.80 Å². The van der Waals surface area contributed by atoms with Gasteiger partial charge in [-0.1, -0.05) is 24.3 Å². The number of carboxylic acid groups (broad SMARTS) is 1. The molecule has 0 aromatic heterocycles. The van der Waals surface area contributed by atoms with Crippen LogP contribution < -0.4 is 0 Å². The highest BCUT2D eigenvalue weighted by Gasteiger charge is 2.57. The van der Waals surface area contributed by atoms with Gasteiger partial charge < -0.3 is 9.84 Å². The molecule has 1 aromatic carbocycles. The summed E-state index contributed by atoms with van der Waals surface area (Å²) in [4.78, 5) is 16.4. The Balaban J connectivity index is 1.58. The van der Waals surface area contributed by atoms with Gasteiger partial charge in [-0.15, -0.1) is 0 Å². The smallest absolute Gasteiger partial charge is 0.312 e.